The molecule has 0 saturated carbocycles. The standard InChI is InChI=1S/C6H9NO5S3/c1-14(8,9)6-4-13-5(7-6)3-12-15(2,10)11/h4H,3H2,1-2H3. The summed E-state index contributed by atoms with van der Waals surface area (Å²) in [5, 5.41) is 1.58. The Hall–Kier alpha value is -0.510. The van der Waals surface area contributed by atoms with Crippen molar-refractivity contribution in [1.29, 1.82) is 0 Å². The van der Waals surface area contributed by atoms with E-state index in [2.05, 4.69) is 9.17 Å². The summed E-state index contributed by atoms with van der Waals surface area (Å²) in [4.78, 5) is 3.73. The zero-order valence-corrected chi connectivity index (χ0v) is 10.4. The molecular weight excluding hydrogens is 262 g/mol. The Kier molecular flexibility index (Phi) is 3.48. The Labute approximate surface area is 92.0 Å². The average molecular weight is 271 g/mol. The van der Waals surface area contributed by atoms with Crippen molar-refractivity contribution >= 4 is 31.3 Å². The molecule has 0 aliphatic carbocycles. The van der Waals surface area contributed by atoms with Crippen molar-refractivity contribution in [1.82, 2.24) is 4.98 Å². The van der Waals surface area contributed by atoms with Crippen LogP contribution >= 0.6 is 11.3 Å². The molecule has 1 aromatic rings. The topological polar surface area (TPSA) is 90.4 Å². The van der Waals surface area contributed by atoms with Gasteiger partial charge < -0.3 is 0 Å². The highest BCUT2D eigenvalue weighted by Crippen LogP contribution is 2.15. The van der Waals surface area contributed by atoms with Gasteiger partial charge in [0.1, 0.15) is 11.6 Å². The molecule has 0 radical (unpaired) electrons. The Balaban J connectivity index is 2.79. The molecule has 1 rings (SSSR count). The first-order valence-electron chi connectivity index (χ1n) is 3.67. The first-order valence-corrected chi connectivity index (χ1v) is 8.26. The van der Waals surface area contributed by atoms with Gasteiger partial charge in [-0.3, -0.25) is 4.18 Å². The molecular formula is C6H9NO5S3. The lowest BCUT2D eigenvalue weighted by atomic mass is 10.8. The van der Waals surface area contributed by atoms with Crippen molar-refractivity contribution in [2.24, 2.45) is 0 Å². The zero-order chi connectivity index (χ0) is 11.7. The maximum absolute atomic E-state index is 11.0. The molecule has 0 fully saturated rings. The van der Waals surface area contributed by atoms with Crippen LogP contribution in [0.5, 0.6) is 0 Å². The zero-order valence-electron chi connectivity index (χ0n) is 8.00. The van der Waals surface area contributed by atoms with E-state index in [1.165, 1.54) is 5.38 Å². The number of aromatic nitrogens is 1. The summed E-state index contributed by atoms with van der Waals surface area (Å²) in [7, 11) is -6.87. The van der Waals surface area contributed by atoms with Crippen molar-refractivity contribution < 1.29 is 21.0 Å². The van der Waals surface area contributed by atoms with Crippen molar-refractivity contribution in [3.63, 3.8) is 0 Å². The van der Waals surface area contributed by atoms with E-state index in [-0.39, 0.29) is 11.6 Å². The van der Waals surface area contributed by atoms with E-state index in [0.29, 0.717) is 5.01 Å². The van der Waals surface area contributed by atoms with Crippen LogP contribution in [0, 0.1) is 0 Å². The number of sulfone groups is 1. The molecule has 6 nitrogen and oxygen atoms in total. The summed E-state index contributed by atoms with van der Waals surface area (Å²) >= 11 is 1.04. The summed E-state index contributed by atoms with van der Waals surface area (Å²) in [6.07, 6.45) is 1.95. The Morgan fingerprint density at radius 2 is 1.93 bits per heavy atom. The third kappa shape index (κ3) is 4.24. The third-order valence-electron chi connectivity index (χ3n) is 1.31. The molecule has 9 heteroatoms. The van der Waals surface area contributed by atoms with Crippen LogP contribution in [0.1, 0.15) is 5.01 Å². The second-order valence-electron chi connectivity index (χ2n) is 2.82. The lowest BCUT2D eigenvalue weighted by Crippen LogP contribution is -2.03. The highest BCUT2D eigenvalue weighted by Gasteiger charge is 2.13. The molecule has 0 aliphatic heterocycles. The van der Waals surface area contributed by atoms with Crippen LogP contribution in [-0.4, -0.2) is 34.3 Å². The van der Waals surface area contributed by atoms with E-state index in [1.54, 1.807) is 0 Å². The van der Waals surface area contributed by atoms with Crippen molar-refractivity contribution in [3.8, 4) is 0 Å². The molecule has 0 N–H and O–H groups in total. The molecule has 0 saturated heterocycles. The maximum atomic E-state index is 11.0. The van der Waals surface area contributed by atoms with Gasteiger partial charge in [0.05, 0.1) is 6.26 Å². The smallest absolute Gasteiger partial charge is 0.263 e. The third-order valence-corrected chi connectivity index (χ3v) is 3.79. The first kappa shape index (κ1) is 12.6. The van der Waals surface area contributed by atoms with Gasteiger partial charge in [0.2, 0.25) is 0 Å². The fraction of sp³-hybridized carbons (Fsp3) is 0.500. The summed E-state index contributed by atoms with van der Waals surface area (Å²) in [5.41, 5.74) is 0. The normalized spacial score (nSPS) is 12.9. The molecule has 1 heterocycles. The molecule has 0 bridgehead atoms. The first-order chi connectivity index (χ1) is 6.68. The van der Waals surface area contributed by atoms with Crippen LogP contribution in [-0.2, 0) is 30.7 Å². The van der Waals surface area contributed by atoms with Crippen LogP contribution < -0.4 is 0 Å². The molecule has 15 heavy (non-hydrogen) atoms. The average Bonchev–Trinajstić information content (AvgIpc) is 2.45. The van der Waals surface area contributed by atoms with E-state index in [1.807, 2.05) is 0 Å². The molecule has 1 aromatic heterocycles. The van der Waals surface area contributed by atoms with Crippen molar-refractivity contribution in [3.05, 3.63) is 10.4 Å². The van der Waals surface area contributed by atoms with Crippen LogP contribution in [0.15, 0.2) is 10.4 Å². The van der Waals surface area contributed by atoms with Gasteiger partial charge in [-0.1, -0.05) is 0 Å². The van der Waals surface area contributed by atoms with E-state index >= 15 is 0 Å². The summed E-state index contributed by atoms with van der Waals surface area (Å²) in [6.45, 7) is -0.237. The minimum atomic E-state index is -3.53. The number of hydrogen-bond donors (Lipinski definition) is 0. The van der Waals surface area contributed by atoms with Crippen LogP contribution in [0.2, 0.25) is 0 Å². The van der Waals surface area contributed by atoms with Crippen molar-refractivity contribution in [2.75, 3.05) is 12.5 Å². The van der Waals surface area contributed by atoms with E-state index in [0.717, 1.165) is 23.8 Å². The number of thiazole rings is 1. The lowest BCUT2D eigenvalue weighted by Gasteiger charge is -1.96. The largest absolute Gasteiger partial charge is 0.264 e. The quantitative estimate of drug-likeness (QED) is 0.717. The van der Waals surface area contributed by atoms with Crippen LogP contribution in [0.25, 0.3) is 0 Å². The van der Waals surface area contributed by atoms with Gasteiger partial charge in [-0.2, -0.15) is 8.42 Å². The summed E-state index contributed by atoms with van der Waals surface area (Å²) < 4.78 is 47.8. The predicted molar refractivity (Wildman–Crippen MR) is 54.9 cm³/mol. The van der Waals surface area contributed by atoms with Gasteiger partial charge in [-0.25, -0.2) is 13.4 Å². The molecule has 0 spiro atoms. The second-order valence-corrected chi connectivity index (χ2v) is 7.37. The SMILES string of the molecule is CS(=O)(=O)OCc1nc(S(C)(=O)=O)cs1. The van der Waals surface area contributed by atoms with Gasteiger partial charge in [-0.05, 0) is 0 Å². The second kappa shape index (κ2) is 4.16. The van der Waals surface area contributed by atoms with Gasteiger partial charge in [0.25, 0.3) is 10.1 Å². The lowest BCUT2D eigenvalue weighted by molar-refractivity contribution is 0.310. The molecule has 0 aliphatic rings. The Morgan fingerprint density at radius 1 is 1.33 bits per heavy atom. The van der Waals surface area contributed by atoms with E-state index < -0.39 is 20.0 Å². The highest BCUT2D eigenvalue weighted by molar-refractivity contribution is 7.90. The number of nitrogens with zero attached hydrogens (tertiary/aromatic N) is 1. The van der Waals surface area contributed by atoms with Crippen LogP contribution in [0.4, 0.5) is 0 Å². The number of rotatable bonds is 4. The number of hydrogen-bond acceptors (Lipinski definition) is 7. The summed E-state index contributed by atoms with van der Waals surface area (Å²) in [6, 6.07) is 0. The van der Waals surface area contributed by atoms with E-state index in [4.69, 9.17) is 0 Å². The minimum absolute atomic E-state index is 0.0698. The fourth-order valence-electron chi connectivity index (χ4n) is 0.688. The fourth-order valence-corrected chi connectivity index (χ4v) is 2.83. The Bertz CT molecular complexity index is 541. The minimum Gasteiger partial charge on any atom is -0.263 e. The monoisotopic (exact) mass is 271 g/mol. The molecule has 0 amide bonds. The molecule has 0 unspecified atom stereocenters. The van der Waals surface area contributed by atoms with Gasteiger partial charge in [-0.15, -0.1) is 11.3 Å². The van der Waals surface area contributed by atoms with Gasteiger partial charge >= 0.3 is 0 Å². The maximum Gasteiger partial charge on any atom is 0.264 e. The molecule has 0 atom stereocenters. The van der Waals surface area contributed by atoms with Gasteiger partial charge in [0, 0.05) is 11.6 Å². The highest BCUT2D eigenvalue weighted by atomic mass is 32.2. The summed E-state index contributed by atoms with van der Waals surface area (Å²) in [5.74, 6) is 0. The van der Waals surface area contributed by atoms with Gasteiger partial charge in [0.15, 0.2) is 14.9 Å². The van der Waals surface area contributed by atoms with Crippen molar-refractivity contribution in [2.45, 2.75) is 11.6 Å². The Morgan fingerprint density at radius 3 is 2.33 bits per heavy atom. The molecule has 0 aromatic carbocycles. The molecule has 86 valence electrons. The van der Waals surface area contributed by atoms with E-state index in [9.17, 15) is 16.8 Å². The predicted octanol–water partition coefficient (Wildman–Crippen LogP) is 0.0228. The van der Waals surface area contributed by atoms with Crippen LogP contribution in [0.3, 0.4) is 0 Å².